The van der Waals surface area contributed by atoms with Crippen molar-refractivity contribution in [3.8, 4) is 11.3 Å². The van der Waals surface area contributed by atoms with E-state index < -0.39 is 11.7 Å². The maximum absolute atomic E-state index is 12.2. The van der Waals surface area contributed by atoms with E-state index in [0.29, 0.717) is 37.5 Å². The van der Waals surface area contributed by atoms with Crippen molar-refractivity contribution < 1.29 is 14.1 Å². The number of carbonyl (C=O) groups excluding carboxylic acids is 1. The molecule has 0 fully saturated rings. The predicted octanol–water partition coefficient (Wildman–Crippen LogP) is 5.42. The second kappa shape index (κ2) is 11.2. The van der Waals surface area contributed by atoms with E-state index in [4.69, 9.17) is 15.0 Å². The quantitative estimate of drug-likeness (QED) is 0.202. The van der Waals surface area contributed by atoms with Crippen LogP contribution in [0, 0.1) is 0 Å². The Labute approximate surface area is 227 Å². The van der Waals surface area contributed by atoms with Crippen LogP contribution >= 0.6 is 0 Å². The van der Waals surface area contributed by atoms with Gasteiger partial charge in [-0.1, -0.05) is 35.5 Å². The highest BCUT2D eigenvalue weighted by molar-refractivity contribution is 5.87. The fourth-order valence-corrected chi connectivity index (χ4v) is 4.62. The van der Waals surface area contributed by atoms with Crippen molar-refractivity contribution >= 4 is 33.7 Å². The number of hydrogen-bond donors (Lipinski definition) is 4. The van der Waals surface area contributed by atoms with Crippen LogP contribution < -0.4 is 16.4 Å². The Kier molecular flexibility index (Phi) is 7.51. The Balaban J connectivity index is 1.33. The first kappa shape index (κ1) is 26.2. The summed E-state index contributed by atoms with van der Waals surface area (Å²) in [5.74, 6) is 0.542. The number of pyridine rings is 1. The van der Waals surface area contributed by atoms with Crippen LogP contribution in [0.1, 0.15) is 31.9 Å². The average molecular weight is 527 g/mol. The molecule has 39 heavy (non-hydrogen) atoms. The van der Waals surface area contributed by atoms with Crippen molar-refractivity contribution in [3.63, 3.8) is 0 Å². The van der Waals surface area contributed by atoms with E-state index in [9.17, 15) is 4.79 Å². The summed E-state index contributed by atoms with van der Waals surface area (Å²) in [6.07, 6.45) is 6.34. The van der Waals surface area contributed by atoms with Crippen LogP contribution in [0.3, 0.4) is 0 Å². The monoisotopic (exact) mass is 526 g/mol. The number of carbonyl (C=O) groups is 1. The molecule has 1 amide bonds. The lowest BCUT2D eigenvalue weighted by atomic mass is 10.0. The van der Waals surface area contributed by atoms with E-state index in [0.717, 1.165) is 27.4 Å². The predicted molar refractivity (Wildman–Crippen MR) is 154 cm³/mol. The van der Waals surface area contributed by atoms with Crippen LogP contribution in [0.25, 0.3) is 32.9 Å². The Morgan fingerprint density at radius 3 is 2.85 bits per heavy atom. The van der Waals surface area contributed by atoms with Crippen molar-refractivity contribution in [2.45, 2.75) is 45.3 Å². The number of alkyl carbamates (subject to hydrolysis) is 1. The molecular weight excluding hydrogens is 492 g/mol. The van der Waals surface area contributed by atoms with Crippen LogP contribution in [-0.2, 0) is 17.6 Å². The smallest absolute Gasteiger partial charge is 0.407 e. The molecule has 5 N–H and O–H groups in total. The highest BCUT2D eigenvalue weighted by Gasteiger charge is 2.20. The minimum absolute atomic E-state index is 0.154. The number of benzene rings is 2. The normalized spacial score (nSPS) is 12.5. The molecule has 0 unspecified atom stereocenters. The van der Waals surface area contributed by atoms with Gasteiger partial charge in [0, 0.05) is 65.1 Å². The van der Waals surface area contributed by atoms with Gasteiger partial charge in [-0.3, -0.25) is 4.98 Å². The van der Waals surface area contributed by atoms with Gasteiger partial charge in [0.05, 0.1) is 0 Å². The molecule has 5 aromatic rings. The number of rotatable bonds is 9. The van der Waals surface area contributed by atoms with E-state index in [1.165, 1.54) is 10.9 Å². The van der Waals surface area contributed by atoms with E-state index in [2.05, 4.69) is 44.0 Å². The molecule has 0 bridgehead atoms. The third-order valence-corrected chi connectivity index (χ3v) is 6.43. The summed E-state index contributed by atoms with van der Waals surface area (Å²) >= 11 is 0. The molecule has 9 nitrogen and oxygen atoms in total. The molecule has 0 saturated carbocycles. The molecule has 202 valence electrons. The summed E-state index contributed by atoms with van der Waals surface area (Å²) in [5, 5.41) is 13.9. The maximum Gasteiger partial charge on any atom is 0.407 e. The molecule has 0 radical (unpaired) electrons. The standard InChI is InChI=1S/C30H34N6O3/c1-30(2,3)38-29(37)33-13-11-25-27(20-8-9-21-16-32-12-10-19(21)14-20)36-39-28(25)35-18-23(31)15-22-17-34-26-7-5-4-6-24(22)26/h4-10,12,14,16-17,23,34-35H,11,13,15,18,31H2,1-3H3,(H,33,37)/t23-/m0/s1. The van der Waals surface area contributed by atoms with Crippen LogP contribution in [-0.4, -0.2) is 46.0 Å². The van der Waals surface area contributed by atoms with Crippen molar-refractivity contribution in [2.24, 2.45) is 5.73 Å². The number of amides is 1. The fourth-order valence-electron chi connectivity index (χ4n) is 4.62. The zero-order chi connectivity index (χ0) is 27.4. The first-order valence-electron chi connectivity index (χ1n) is 13.1. The van der Waals surface area contributed by atoms with Gasteiger partial charge in [-0.2, -0.15) is 0 Å². The lowest BCUT2D eigenvalue weighted by molar-refractivity contribution is 0.0528. The molecule has 0 aliphatic rings. The maximum atomic E-state index is 12.2. The second-order valence-corrected chi connectivity index (χ2v) is 10.7. The van der Waals surface area contributed by atoms with Crippen LogP contribution in [0.4, 0.5) is 10.7 Å². The van der Waals surface area contributed by atoms with Crippen molar-refractivity contribution in [3.05, 3.63) is 78.2 Å². The molecule has 9 heteroatoms. The number of H-pyrrole nitrogens is 1. The van der Waals surface area contributed by atoms with Crippen molar-refractivity contribution in [1.29, 1.82) is 0 Å². The minimum Gasteiger partial charge on any atom is -0.444 e. The van der Waals surface area contributed by atoms with E-state index in [1.807, 2.05) is 63.5 Å². The summed E-state index contributed by atoms with van der Waals surface area (Å²) in [5.41, 5.74) is 10.7. The SMILES string of the molecule is CC(C)(C)OC(=O)NCCc1c(-c2ccc3cnccc3c2)noc1NC[C@@H](N)Cc1c[nH]c2ccccc12. The first-order chi connectivity index (χ1) is 18.8. The van der Waals surface area contributed by atoms with Gasteiger partial charge in [0.2, 0.25) is 5.88 Å². The summed E-state index contributed by atoms with van der Waals surface area (Å²) < 4.78 is 11.2. The lowest BCUT2D eigenvalue weighted by Crippen LogP contribution is -2.33. The van der Waals surface area contributed by atoms with Gasteiger partial charge < -0.3 is 30.6 Å². The number of ether oxygens (including phenoxy) is 1. The minimum atomic E-state index is -0.569. The van der Waals surface area contributed by atoms with E-state index >= 15 is 0 Å². The van der Waals surface area contributed by atoms with Gasteiger partial charge in [0.15, 0.2) is 0 Å². The first-order valence-corrected chi connectivity index (χ1v) is 13.1. The van der Waals surface area contributed by atoms with Crippen LogP contribution in [0.15, 0.2) is 71.6 Å². The number of hydrogen-bond acceptors (Lipinski definition) is 7. The number of aromatic nitrogens is 3. The molecular formula is C30H34N6O3. The molecule has 0 spiro atoms. The van der Waals surface area contributed by atoms with Gasteiger partial charge in [0.1, 0.15) is 11.3 Å². The number of nitrogens with two attached hydrogens (primary N) is 1. The third-order valence-electron chi connectivity index (χ3n) is 6.43. The molecule has 2 aromatic carbocycles. The highest BCUT2D eigenvalue weighted by atomic mass is 16.6. The van der Waals surface area contributed by atoms with Gasteiger partial charge in [0.25, 0.3) is 0 Å². The van der Waals surface area contributed by atoms with E-state index in [-0.39, 0.29) is 6.04 Å². The number of fused-ring (bicyclic) bond motifs is 2. The average Bonchev–Trinajstić information content (AvgIpc) is 3.50. The van der Waals surface area contributed by atoms with Gasteiger partial charge in [-0.15, -0.1) is 0 Å². The molecule has 3 heterocycles. The third kappa shape index (κ3) is 6.38. The Bertz CT molecular complexity index is 1580. The molecule has 5 rings (SSSR count). The van der Waals surface area contributed by atoms with Crippen LogP contribution in [0.2, 0.25) is 0 Å². The molecule has 1 atom stereocenters. The second-order valence-electron chi connectivity index (χ2n) is 10.7. The summed E-state index contributed by atoms with van der Waals surface area (Å²) in [7, 11) is 0. The number of nitrogens with one attached hydrogen (secondary N) is 3. The lowest BCUT2D eigenvalue weighted by Gasteiger charge is -2.19. The zero-order valence-electron chi connectivity index (χ0n) is 22.5. The highest BCUT2D eigenvalue weighted by Crippen LogP contribution is 2.31. The molecule has 3 aromatic heterocycles. The van der Waals surface area contributed by atoms with Gasteiger partial charge in [-0.05, 0) is 62.8 Å². The van der Waals surface area contributed by atoms with Crippen LogP contribution in [0.5, 0.6) is 0 Å². The Morgan fingerprint density at radius 2 is 2.00 bits per heavy atom. The number of nitrogens with zero attached hydrogens (tertiary/aromatic N) is 2. The molecule has 0 saturated heterocycles. The fraction of sp³-hybridized carbons (Fsp3) is 0.300. The topological polar surface area (TPSA) is 131 Å². The Hall–Kier alpha value is -4.37. The summed E-state index contributed by atoms with van der Waals surface area (Å²) in [6, 6.07) is 16.1. The molecule has 0 aliphatic carbocycles. The van der Waals surface area contributed by atoms with Gasteiger partial charge >= 0.3 is 6.09 Å². The largest absolute Gasteiger partial charge is 0.444 e. The number of para-hydroxylation sites is 1. The summed E-state index contributed by atoms with van der Waals surface area (Å²) in [4.78, 5) is 19.7. The summed E-state index contributed by atoms with van der Waals surface area (Å²) in [6.45, 7) is 6.35. The van der Waals surface area contributed by atoms with E-state index in [1.54, 1.807) is 6.20 Å². The van der Waals surface area contributed by atoms with Crippen molar-refractivity contribution in [2.75, 3.05) is 18.4 Å². The number of anilines is 1. The van der Waals surface area contributed by atoms with Gasteiger partial charge in [-0.25, -0.2) is 4.79 Å². The molecule has 0 aliphatic heterocycles. The van der Waals surface area contributed by atoms with Crippen molar-refractivity contribution in [1.82, 2.24) is 20.4 Å². The number of aromatic amines is 1. The zero-order valence-corrected chi connectivity index (χ0v) is 22.5. The Morgan fingerprint density at radius 1 is 1.15 bits per heavy atom.